The summed E-state index contributed by atoms with van der Waals surface area (Å²) >= 11 is 0. The number of carboxylic acids is 2. The van der Waals surface area contributed by atoms with E-state index in [9.17, 15) is 9.59 Å². The van der Waals surface area contributed by atoms with E-state index in [4.69, 9.17) is 10.2 Å². The molecule has 0 bridgehead atoms. The average molecular weight is 213 g/mol. The highest BCUT2D eigenvalue weighted by atomic mass is 16.4. The van der Waals surface area contributed by atoms with Gasteiger partial charge in [0.25, 0.3) is 0 Å². The summed E-state index contributed by atoms with van der Waals surface area (Å²) in [5, 5.41) is 24.3. The van der Waals surface area contributed by atoms with Crippen LogP contribution in [0.25, 0.3) is 0 Å². The maximum Gasteiger partial charge on any atom is 0.358 e. The molecule has 0 fully saturated rings. The van der Waals surface area contributed by atoms with Gasteiger partial charge in [-0.3, -0.25) is 4.79 Å². The molecule has 1 aromatic rings. The van der Waals surface area contributed by atoms with Crippen molar-refractivity contribution < 1.29 is 19.8 Å². The molecular weight excluding hydrogens is 202 g/mol. The van der Waals surface area contributed by atoms with Gasteiger partial charge in [-0.05, 0) is 6.42 Å². The van der Waals surface area contributed by atoms with Crippen molar-refractivity contribution in [1.82, 2.24) is 15.0 Å². The van der Waals surface area contributed by atoms with Crippen molar-refractivity contribution in [3.05, 3.63) is 11.4 Å². The number of aromatic carboxylic acids is 1. The minimum absolute atomic E-state index is 0.102. The Hall–Kier alpha value is -1.92. The van der Waals surface area contributed by atoms with Crippen LogP contribution < -0.4 is 0 Å². The third kappa shape index (κ3) is 2.52. The van der Waals surface area contributed by atoms with E-state index in [0.29, 0.717) is 12.1 Å². The molecule has 0 aromatic carbocycles. The zero-order chi connectivity index (χ0) is 11.4. The first-order valence-electron chi connectivity index (χ1n) is 4.43. The van der Waals surface area contributed by atoms with Crippen LogP contribution in [0.1, 0.15) is 29.5 Å². The molecule has 0 unspecified atom stereocenters. The molecule has 0 saturated heterocycles. The van der Waals surface area contributed by atoms with Gasteiger partial charge in [0.05, 0.1) is 18.7 Å². The molecule has 7 heteroatoms. The lowest BCUT2D eigenvalue weighted by molar-refractivity contribution is -0.137. The molecule has 2 N–H and O–H groups in total. The van der Waals surface area contributed by atoms with E-state index in [-0.39, 0.29) is 18.7 Å². The molecule has 0 atom stereocenters. The van der Waals surface area contributed by atoms with Crippen molar-refractivity contribution in [3.63, 3.8) is 0 Å². The normalized spacial score (nSPS) is 10.2. The predicted octanol–water partition coefficient (Wildman–Crippen LogP) is 0.0134. The van der Waals surface area contributed by atoms with E-state index in [2.05, 4.69) is 10.3 Å². The Morgan fingerprint density at radius 1 is 1.40 bits per heavy atom. The molecule has 1 aromatic heterocycles. The zero-order valence-corrected chi connectivity index (χ0v) is 8.17. The number of rotatable bonds is 5. The minimum atomic E-state index is -1.14. The second-order valence-electron chi connectivity index (χ2n) is 2.91. The van der Waals surface area contributed by atoms with Gasteiger partial charge >= 0.3 is 11.9 Å². The Morgan fingerprint density at radius 2 is 2.07 bits per heavy atom. The molecule has 0 radical (unpaired) electrons. The highest BCUT2D eigenvalue weighted by molar-refractivity contribution is 5.86. The molecule has 0 spiro atoms. The van der Waals surface area contributed by atoms with Gasteiger partial charge in [0.15, 0.2) is 5.69 Å². The number of nitrogens with zero attached hydrogens (tertiary/aromatic N) is 3. The lowest BCUT2D eigenvalue weighted by atomic mass is 10.2. The maximum atomic E-state index is 10.7. The second-order valence-corrected chi connectivity index (χ2v) is 2.91. The Bertz CT molecular complexity index is 385. The third-order valence-corrected chi connectivity index (χ3v) is 1.91. The fourth-order valence-electron chi connectivity index (χ4n) is 1.23. The number of aromatic nitrogens is 3. The van der Waals surface area contributed by atoms with Gasteiger partial charge in [0, 0.05) is 0 Å². The van der Waals surface area contributed by atoms with Crippen LogP contribution in [0.5, 0.6) is 0 Å². The third-order valence-electron chi connectivity index (χ3n) is 1.91. The molecule has 0 saturated carbocycles. The van der Waals surface area contributed by atoms with E-state index < -0.39 is 11.9 Å². The molecule has 7 nitrogen and oxygen atoms in total. The minimum Gasteiger partial charge on any atom is -0.481 e. The number of hydrogen-bond donors (Lipinski definition) is 2. The van der Waals surface area contributed by atoms with Crippen LogP contribution in [0, 0.1) is 0 Å². The van der Waals surface area contributed by atoms with Crippen molar-refractivity contribution in [2.24, 2.45) is 0 Å². The van der Waals surface area contributed by atoms with Crippen molar-refractivity contribution in [3.8, 4) is 0 Å². The van der Waals surface area contributed by atoms with Crippen LogP contribution in [0.3, 0.4) is 0 Å². The second kappa shape index (κ2) is 4.54. The molecule has 1 rings (SSSR count). The summed E-state index contributed by atoms with van der Waals surface area (Å²) in [5.41, 5.74) is 0.339. The predicted molar refractivity (Wildman–Crippen MR) is 48.6 cm³/mol. The molecule has 0 aliphatic rings. The highest BCUT2D eigenvalue weighted by Crippen LogP contribution is 2.07. The summed E-state index contributed by atoms with van der Waals surface area (Å²) in [4.78, 5) is 21.0. The molecule has 82 valence electrons. The first-order valence-corrected chi connectivity index (χ1v) is 4.43. The molecular formula is C8H11N3O4. The van der Waals surface area contributed by atoms with E-state index in [0.717, 1.165) is 0 Å². The molecule has 0 amide bonds. The first-order chi connectivity index (χ1) is 7.06. The molecule has 1 heterocycles. The molecule has 15 heavy (non-hydrogen) atoms. The Balaban J connectivity index is 2.89. The summed E-state index contributed by atoms with van der Waals surface area (Å²) in [6.45, 7) is 1.90. The zero-order valence-electron chi connectivity index (χ0n) is 8.17. The van der Waals surface area contributed by atoms with Crippen LogP contribution in [-0.2, 0) is 17.8 Å². The topological polar surface area (TPSA) is 105 Å². The maximum absolute atomic E-state index is 10.7. The van der Waals surface area contributed by atoms with Crippen LogP contribution in [-0.4, -0.2) is 37.1 Å². The Kier molecular flexibility index (Phi) is 3.37. The summed E-state index contributed by atoms with van der Waals surface area (Å²) in [7, 11) is 0. The van der Waals surface area contributed by atoms with Crippen molar-refractivity contribution in [2.75, 3.05) is 0 Å². The quantitative estimate of drug-likeness (QED) is 0.713. The van der Waals surface area contributed by atoms with Crippen LogP contribution >= 0.6 is 0 Å². The van der Waals surface area contributed by atoms with E-state index in [1.165, 1.54) is 4.68 Å². The van der Waals surface area contributed by atoms with Crippen LogP contribution in [0.2, 0.25) is 0 Å². The first kappa shape index (κ1) is 11.2. The van der Waals surface area contributed by atoms with Gasteiger partial charge in [0.2, 0.25) is 0 Å². The van der Waals surface area contributed by atoms with Gasteiger partial charge < -0.3 is 10.2 Å². The van der Waals surface area contributed by atoms with E-state index in [1.807, 2.05) is 0 Å². The van der Waals surface area contributed by atoms with Gasteiger partial charge in [-0.2, -0.15) is 0 Å². The summed E-state index contributed by atoms with van der Waals surface area (Å²) in [5.74, 6) is -2.10. The van der Waals surface area contributed by atoms with Crippen molar-refractivity contribution in [1.29, 1.82) is 0 Å². The number of hydrogen-bond acceptors (Lipinski definition) is 4. The van der Waals surface area contributed by atoms with Gasteiger partial charge in [-0.1, -0.05) is 12.1 Å². The largest absolute Gasteiger partial charge is 0.481 e. The lowest BCUT2D eigenvalue weighted by Crippen LogP contribution is -2.10. The standard InChI is InChI=1S/C8H11N3O4/c1-2-5-7(8(14)15)9-10-11(5)4-3-6(12)13/h2-4H2,1H3,(H,12,13)(H,14,15). The Morgan fingerprint density at radius 3 is 2.53 bits per heavy atom. The van der Waals surface area contributed by atoms with Crippen LogP contribution in [0.15, 0.2) is 0 Å². The number of aliphatic carboxylic acids is 1. The smallest absolute Gasteiger partial charge is 0.358 e. The van der Waals surface area contributed by atoms with Gasteiger partial charge in [-0.15, -0.1) is 5.10 Å². The summed E-state index contributed by atoms with van der Waals surface area (Å²) < 4.78 is 1.32. The van der Waals surface area contributed by atoms with E-state index in [1.54, 1.807) is 6.92 Å². The molecule has 0 aliphatic carbocycles. The molecule has 0 aliphatic heterocycles. The van der Waals surface area contributed by atoms with Gasteiger partial charge in [-0.25, -0.2) is 9.48 Å². The number of carbonyl (C=O) groups is 2. The van der Waals surface area contributed by atoms with E-state index >= 15 is 0 Å². The fraction of sp³-hybridized carbons (Fsp3) is 0.500. The van der Waals surface area contributed by atoms with Crippen molar-refractivity contribution in [2.45, 2.75) is 26.3 Å². The average Bonchev–Trinajstić information content (AvgIpc) is 2.57. The summed E-state index contributed by atoms with van der Waals surface area (Å²) in [6, 6.07) is 0. The monoisotopic (exact) mass is 213 g/mol. The Labute approximate surface area is 85.3 Å². The summed E-state index contributed by atoms with van der Waals surface area (Å²) in [6.07, 6.45) is 0.351. The van der Waals surface area contributed by atoms with Crippen LogP contribution in [0.4, 0.5) is 0 Å². The number of aryl methyl sites for hydroxylation is 1. The van der Waals surface area contributed by atoms with Gasteiger partial charge in [0.1, 0.15) is 0 Å². The highest BCUT2D eigenvalue weighted by Gasteiger charge is 2.17. The van der Waals surface area contributed by atoms with Crippen molar-refractivity contribution >= 4 is 11.9 Å². The number of carboxylic acid groups (broad SMARTS) is 2. The lowest BCUT2D eigenvalue weighted by Gasteiger charge is -2.02. The fourth-order valence-corrected chi connectivity index (χ4v) is 1.23. The SMILES string of the molecule is CCc1c(C(=O)O)nnn1CCC(=O)O.